The van der Waals surface area contributed by atoms with E-state index in [1.807, 2.05) is 12.1 Å². The van der Waals surface area contributed by atoms with Crippen LogP contribution in [0.1, 0.15) is 30.2 Å². The molecule has 3 rings (SSSR count). The van der Waals surface area contributed by atoms with E-state index in [9.17, 15) is 4.79 Å². The van der Waals surface area contributed by atoms with E-state index in [-0.39, 0.29) is 11.9 Å². The Morgan fingerprint density at radius 3 is 2.67 bits per heavy atom. The van der Waals surface area contributed by atoms with Gasteiger partial charge in [0.2, 0.25) is 5.91 Å². The number of likely N-dealkylation sites (tertiary alicyclic amines) is 1. The molecule has 1 unspecified atom stereocenters. The standard InChI is InChI=1S/C19H24N2O2S/c1-15-6-8-16(9-7-15)24-14-19(22)20-13-17(18-5-4-12-23-18)21-10-2-3-11-21/h4-9,12,17H,2-3,10-11,13-14H2,1H3,(H,20,22). The summed E-state index contributed by atoms with van der Waals surface area (Å²) in [4.78, 5) is 15.7. The Bertz CT molecular complexity index is 634. The van der Waals surface area contributed by atoms with Crippen LogP contribution in [0.5, 0.6) is 0 Å². The molecule has 1 fully saturated rings. The van der Waals surface area contributed by atoms with Crippen molar-refractivity contribution in [2.45, 2.75) is 30.7 Å². The first-order valence-corrected chi connectivity index (χ1v) is 9.44. The number of thioether (sulfide) groups is 1. The van der Waals surface area contributed by atoms with E-state index >= 15 is 0 Å². The molecule has 1 amide bonds. The second-order valence-electron chi connectivity index (χ2n) is 6.18. The average Bonchev–Trinajstić information content (AvgIpc) is 3.29. The van der Waals surface area contributed by atoms with Gasteiger partial charge in [0.05, 0.1) is 18.1 Å². The minimum absolute atomic E-state index is 0.0660. The summed E-state index contributed by atoms with van der Waals surface area (Å²) < 4.78 is 5.58. The van der Waals surface area contributed by atoms with E-state index in [0.29, 0.717) is 12.3 Å². The Labute approximate surface area is 147 Å². The Balaban J connectivity index is 1.50. The average molecular weight is 344 g/mol. The highest BCUT2D eigenvalue weighted by atomic mass is 32.2. The van der Waals surface area contributed by atoms with E-state index < -0.39 is 0 Å². The fraction of sp³-hybridized carbons (Fsp3) is 0.421. The van der Waals surface area contributed by atoms with Gasteiger partial charge < -0.3 is 9.73 Å². The van der Waals surface area contributed by atoms with Gasteiger partial charge in [0, 0.05) is 11.4 Å². The SMILES string of the molecule is Cc1ccc(SCC(=O)NCC(c2ccco2)N2CCCC2)cc1. The summed E-state index contributed by atoms with van der Waals surface area (Å²) in [6.07, 6.45) is 4.14. The molecule has 2 aromatic rings. The van der Waals surface area contributed by atoms with Crippen LogP contribution < -0.4 is 5.32 Å². The van der Waals surface area contributed by atoms with E-state index in [1.54, 1.807) is 18.0 Å². The van der Waals surface area contributed by atoms with Gasteiger partial charge in [-0.15, -0.1) is 11.8 Å². The summed E-state index contributed by atoms with van der Waals surface area (Å²) >= 11 is 1.57. The molecular weight excluding hydrogens is 320 g/mol. The number of carbonyl (C=O) groups excluding carboxylic acids is 1. The number of hydrogen-bond donors (Lipinski definition) is 1. The number of rotatable bonds is 7. The Hall–Kier alpha value is -1.72. The summed E-state index contributed by atoms with van der Waals surface area (Å²) in [5, 5.41) is 3.07. The second-order valence-corrected chi connectivity index (χ2v) is 7.23. The Morgan fingerprint density at radius 1 is 1.25 bits per heavy atom. The Morgan fingerprint density at radius 2 is 2.00 bits per heavy atom. The fourth-order valence-electron chi connectivity index (χ4n) is 2.99. The van der Waals surface area contributed by atoms with Gasteiger partial charge in [-0.2, -0.15) is 0 Å². The number of hydrogen-bond acceptors (Lipinski definition) is 4. The van der Waals surface area contributed by atoms with Crippen LogP contribution in [0.4, 0.5) is 0 Å². The number of furan rings is 1. The minimum Gasteiger partial charge on any atom is -0.468 e. The largest absolute Gasteiger partial charge is 0.468 e. The molecule has 4 nitrogen and oxygen atoms in total. The van der Waals surface area contributed by atoms with Crippen molar-refractivity contribution < 1.29 is 9.21 Å². The topological polar surface area (TPSA) is 45.5 Å². The third-order valence-corrected chi connectivity index (χ3v) is 5.35. The maximum absolute atomic E-state index is 12.2. The van der Waals surface area contributed by atoms with Gasteiger partial charge in [-0.1, -0.05) is 17.7 Å². The first-order chi connectivity index (χ1) is 11.7. The van der Waals surface area contributed by atoms with Crippen molar-refractivity contribution >= 4 is 17.7 Å². The molecule has 2 heterocycles. The summed E-state index contributed by atoms with van der Waals surface area (Å²) in [6, 6.07) is 12.3. The molecule has 0 bridgehead atoms. The van der Waals surface area contributed by atoms with Crippen LogP contribution >= 0.6 is 11.8 Å². The molecule has 1 aliphatic heterocycles. The van der Waals surface area contributed by atoms with Gasteiger partial charge in [0.1, 0.15) is 5.76 Å². The number of nitrogens with zero attached hydrogens (tertiary/aromatic N) is 1. The second kappa shape index (κ2) is 8.40. The molecule has 1 aromatic carbocycles. The summed E-state index contributed by atoms with van der Waals surface area (Å²) in [6.45, 7) is 4.80. The van der Waals surface area contributed by atoms with Crippen LogP contribution in [0.3, 0.4) is 0 Å². The van der Waals surface area contributed by atoms with Gasteiger partial charge in [0.25, 0.3) is 0 Å². The molecule has 1 aromatic heterocycles. The molecule has 1 atom stereocenters. The lowest BCUT2D eigenvalue weighted by molar-refractivity contribution is -0.118. The smallest absolute Gasteiger partial charge is 0.230 e. The zero-order valence-electron chi connectivity index (χ0n) is 14.0. The molecule has 5 heteroatoms. The predicted molar refractivity (Wildman–Crippen MR) is 97.2 cm³/mol. The van der Waals surface area contributed by atoms with Crippen molar-refractivity contribution in [3.63, 3.8) is 0 Å². The molecular formula is C19H24N2O2S. The lowest BCUT2D eigenvalue weighted by Gasteiger charge is -2.26. The molecule has 0 saturated carbocycles. The number of amides is 1. The summed E-state index contributed by atoms with van der Waals surface area (Å²) in [5.41, 5.74) is 1.23. The highest BCUT2D eigenvalue weighted by Crippen LogP contribution is 2.25. The van der Waals surface area contributed by atoms with Crippen molar-refractivity contribution in [3.05, 3.63) is 54.0 Å². The van der Waals surface area contributed by atoms with E-state index in [0.717, 1.165) is 23.7 Å². The lowest BCUT2D eigenvalue weighted by Crippen LogP contribution is -2.37. The van der Waals surface area contributed by atoms with Gasteiger partial charge in [0.15, 0.2) is 0 Å². The number of benzene rings is 1. The van der Waals surface area contributed by atoms with Crippen molar-refractivity contribution in [1.82, 2.24) is 10.2 Å². The molecule has 0 aliphatic carbocycles. The highest BCUT2D eigenvalue weighted by molar-refractivity contribution is 8.00. The maximum Gasteiger partial charge on any atom is 0.230 e. The van der Waals surface area contributed by atoms with E-state index in [1.165, 1.54) is 18.4 Å². The lowest BCUT2D eigenvalue weighted by atomic mass is 10.2. The normalized spacial score (nSPS) is 16.2. The van der Waals surface area contributed by atoms with E-state index in [2.05, 4.69) is 41.4 Å². The molecule has 1 N–H and O–H groups in total. The maximum atomic E-state index is 12.2. The van der Waals surface area contributed by atoms with Crippen molar-refractivity contribution in [3.8, 4) is 0 Å². The van der Waals surface area contributed by atoms with Gasteiger partial charge in [-0.25, -0.2) is 0 Å². The molecule has 24 heavy (non-hydrogen) atoms. The highest BCUT2D eigenvalue weighted by Gasteiger charge is 2.25. The Kier molecular flexibility index (Phi) is 5.99. The predicted octanol–water partition coefficient (Wildman–Crippen LogP) is 3.63. The van der Waals surface area contributed by atoms with Crippen molar-refractivity contribution in [2.75, 3.05) is 25.4 Å². The number of aryl methyl sites for hydroxylation is 1. The third kappa shape index (κ3) is 4.65. The summed E-state index contributed by atoms with van der Waals surface area (Å²) in [5.74, 6) is 1.44. The molecule has 1 saturated heterocycles. The van der Waals surface area contributed by atoms with Gasteiger partial charge >= 0.3 is 0 Å². The molecule has 0 radical (unpaired) electrons. The van der Waals surface area contributed by atoms with Gasteiger partial charge in [-0.3, -0.25) is 9.69 Å². The van der Waals surface area contributed by atoms with Crippen LogP contribution in [0.2, 0.25) is 0 Å². The van der Waals surface area contributed by atoms with Gasteiger partial charge in [-0.05, 0) is 57.1 Å². The van der Waals surface area contributed by atoms with Crippen LogP contribution in [0.25, 0.3) is 0 Å². The molecule has 1 aliphatic rings. The monoisotopic (exact) mass is 344 g/mol. The molecule has 128 valence electrons. The van der Waals surface area contributed by atoms with Crippen LogP contribution in [-0.2, 0) is 4.79 Å². The molecule has 0 spiro atoms. The van der Waals surface area contributed by atoms with Crippen LogP contribution in [0.15, 0.2) is 52.0 Å². The first-order valence-electron chi connectivity index (χ1n) is 8.46. The fourth-order valence-corrected chi connectivity index (χ4v) is 3.72. The third-order valence-electron chi connectivity index (χ3n) is 4.34. The number of nitrogens with one attached hydrogen (secondary N) is 1. The quantitative estimate of drug-likeness (QED) is 0.779. The number of carbonyl (C=O) groups is 1. The van der Waals surface area contributed by atoms with Crippen molar-refractivity contribution in [2.24, 2.45) is 0 Å². The zero-order valence-corrected chi connectivity index (χ0v) is 14.8. The van der Waals surface area contributed by atoms with Crippen LogP contribution in [-0.4, -0.2) is 36.2 Å². The first kappa shape index (κ1) is 17.1. The van der Waals surface area contributed by atoms with Crippen LogP contribution in [0, 0.1) is 6.92 Å². The van der Waals surface area contributed by atoms with E-state index in [4.69, 9.17) is 4.42 Å². The summed E-state index contributed by atoms with van der Waals surface area (Å²) in [7, 11) is 0. The minimum atomic E-state index is 0.0660. The zero-order chi connectivity index (χ0) is 16.8. The van der Waals surface area contributed by atoms with Crippen molar-refractivity contribution in [1.29, 1.82) is 0 Å².